The second kappa shape index (κ2) is 7.86. The van der Waals surface area contributed by atoms with E-state index in [-0.39, 0.29) is 5.78 Å². The molecule has 0 spiro atoms. The second-order valence-corrected chi connectivity index (χ2v) is 8.14. The summed E-state index contributed by atoms with van der Waals surface area (Å²) >= 11 is 0. The minimum atomic E-state index is -0.458. The molecule has 0 fully saturated rings. The first-order chi connectivity index (χ1) is 15.6. The molecule has 2 aromatic carbocycles. The molecule has 1 aliphatic carbocycles. The normalized spacial score (nSPS) is 18.6. The molecule has 1 atom stereocenters. The molecule has 2 heterocycles. The maximum atomic E-state index is 13.2. The molecule has 0 saturated carbocycles. The van der Waals surface area contributed by atoms with Crippen LogP contribution in [0.25, 0.3) is 11.1 Å². The molecule has 5 rings (SSSR count). The van der Waals surface area contributed by atoms with Gasteiger partial charge >= 0.3 is 0 Å². The van der Waals surface area contributed by atoms with E-state index in [1.165, 1.54) is 0 Å². The van der Waals surface area contributed by atoms with Gasteiger partial charge in [0.25, 0.3) is 0 Å². The van der Waals surface area contributed by atoms with Crippen LogP contribution in [0.1, 0.15) is 36.4 Å². The molecular formula is C26H23N5O. The number of nitrogens with one attached hydrogen (secondary N) is 1. The largest absolute Gasteiger partial charge is 0.384 e. The number of rotatable bonds is 3. The van der Waals surface area contributed by atoms with Crippen LogP contribution < -0.4 is 10.6 Å². The number of ketones is 1. The Labute approximate surface area is 186 Å². The van der Waals surface area contributed by atoms with E-state index >= 15 is 0 Å². The highest BCUT2D eigenvalue weighted by Crippen LogP contribution is 2.47. The van der Waals surface area contributed by atoms with Crippen molar-refractivity contribution in [2.75, 3.05) is 4.90 Å². The Hall–Kier alpha value is -4.11. The molecule has 158 valence electrons. The minimum Gasteiger partial charge on any atom is -0.384 e. The summed E-state index contributed by atoms with van der Waals surface area (Å²) in [5.41, 5.74) is 12.3. The van der Waals surface area contributed by atoms with Gasteiger partial charge in [0, 0.05) is 28.9 Å². The topological polar surface area (TPSA) is 98.8 Å². The van der Waals surface area contributed by atoms with Gasteiger partial charge in [-0.1, -0.05) is 60.7 Å². The number of carbonyl (C=O) groups is 1. The Morgan fingerprint density at radius 2 is 1.78 bits per heavy atom. The predicted molar refractivity (Wildman–Crippen MR) is 123 cm³/mol. The number of hydrogen-bond donors (Lipinski definition) is 2. The Morgan fingerprint density at radius 1 is 1.09 bits per heavy atom. The summed E-state index contributed by atoms with van der Waals surface area (Å²) in [6, 6.07) is 21.9. The first kappa shape index (κ1) is 19.8. The van der Waals surface area contributed by atoms with Crippen molar-refractivity contribution in [1.82, 2.24) is 10.2 Å². The van der Waals surface area contributed by atoms with Crippen molar-refractivity contribution in [3.63, 3.8) is 0 Å². The van der Waals surface area contributed by atoms with Crippen LogP contribution in [0.2, 0.25) is 0 Å². The number of carbonyl (C=O) groups excluding carboxylic acids is 1. The second-order valence-electron chi connectivity index (χ2n) is 8.14. The third-order valence-corrected chi connectivity index (χ3v) is 6.25. The molecule has 0 bridgehead atoms. The molecule has 6 heteroatoms. The highest BCUT2D eigenvalue weighted by molar-refractivity contribution is 6.01. The number of aromatic amines is 1. The van der Waals surface area contributed by atoms with Crippen LogP contribution >= 0.6 is 0 Å². The molecule has 32 heavy (non-hydrogen) atoms. The lowest BCUT2D eigenvalue weighted by Gasteiger charge is -2.39. The Balaban J connectivity index is 1.77. The zero-order valence-corrected chi connectivity index (χ0v) is 17.8. The van der Waals surface area contributed by atoms with Gasteiger partial charge in [0.2, 0.25) is 0 Å². The molecule has 6 nitrogen and oxygen atoms in total. The Kier molecular flexibility index (Phi) is 4.87. The maximum absolute atomic E-state index is 13.2. The first-order valence-electron chi connectivity index (χ1n) is 10.7. The molecule has 0 amide bonds. The number of H-pyrrole nitrogens is 1. The van der Waals surface area contributed by atoms with Gasteiger partial charge < -0.3 is 5.73 Å². The van der Waals surface area contributed by atoms with Gasteiger partial charge in [0.05, 0.1) is 17.6 Å². The zero-order valence-electron chi connectivity index (χ0n) is 17.8. The van der Waals surface area contributed by atoms with Crippen molar-refractivity contribution in [2.24, 2.45) is 5.73 Å². The molecule has 3 N–H and O–H groups in total. The number of aromatic nitrogens is 2. The third kappa shape index (κ3) is 3.02. The van der Waals surface area contributed by atoms with E-state index in [4.69, 9.17) is 5.73 Å². The van der Waals surface area contributed by atoms with E-state index in [0.29, 0.717) is 35.6 Å². The molecule has 1 aliphatic heterocycles. The average Bonchev–Trinajstić information content (AvgIpc) is 3.20. The smallest absolute Gasteiger partial charge is 0.168 e. The number of nitrogens with two attached hydrogens (primary N) is 1. The van der Waals surface area contributed by atoms with E-state index in [2.05, 4.69) is 16.3 Å². The molecule has 0 saturated heterocycles. The Bertz CT molecular complexity index is 1290. The van der Waals surface area contributed by atoms with Gasteiger partial charge in [-0.2, -0.15) is 10.4 Å². The summed E-state index contributed by atoms with van der Waals surface area (Å²) in [4.78, 5) is 15.1. The lowest BCUT2D eigenvalue weighted by atomic mass is 9.75. The monoisotopic (exact) mass is 421 g/mol. The van der Waals surface area contributed by atoms with Crippen LogP contribution in [-0.2, 0) is 4.79 Å². The number of benzene rings is 2. The summed E-state index contributed by atoms with van der Waals surface area (Å²) in [5.74, 6) is 0.561. The highest BCUT2D eigenvalue weighted by Gasteiger charge is 2.41. The van der Waals surface area contributed by atoms with Crippen molar-refractivity contribution in [1.29, 1.82) is 5.26 Å². The van der Waals surface area contributed by atoms with Gasteiger partial charge in [-0.3, -0.25) is 14.8 Å². The van der Waals surface area contributed by atoms with Crippen LogP contribution in [0.5, 0.6) is 0 Å². The fraction of sp³-hybridized carbons (Fsp3) is 0.192. The summed E-state index contributed by atoms with van der Waals surface area (Å²) in [7, 11) is 0. The number of allylic oxidation sites excluding steroid dienone is 3. The Morgan fingerprint density at radius 3 is 2.47 bits per heavy atom. The maximum Gasteiger partial charge on any atom is 0.168 e. The van der Waals surface area contributed by atoms with Gasteiger partial charge in [0.15, 0.2) is 11.6 Å². The molecule has 3 aromatic rings. The van der Waals surface area contributed by atoms with Gasteiger partial charge in [-0.15, -0.1) is 0 Å². The van der Waals surface area contributed by atoms with Crippen LogP contribution in [0, 0.1) is 18.3 Å². The number of Topliss-reactive ketones (excluding diaryl/α,β-unsaturated/α-hetero) is 1. The number of nitrogens with zero attached hydrogens (tertiary/aromatic N) is 3. The average molecular weight is 422 g/mol. The lowest BCUT2D eigenvalue weighted by Crippen LogP contribution is -2.39. The van der Waals surface area contributed by atoms with Crippen molar-refractivity contribution in [3.8, 4) is 17.2 Å². The van der Waals surface area contributed by atoms with Gasteiger partial charge in [-0.05, 0) is 30.9 Å². The van der Waals surface area contributed by atoms with Crippen LogP contribution in [0.3, 0.4) is 0 Å². The van der Waals surface area contributed by atoms with Crippen LogP contribution in [0.15, 0.2) is 83.3 Å². The van der Waals surface area contributed by atoms with E-state index in [1.807, 2.05) is 72.5 Å². The highest BCUT2D eigenvalue weighted by atomic mass is 16.1. The number of hydrogen-bond acceptors (Lipinski definition) is 5. The summed E-state index contributed by atoms with van der Waals surface area (Å²) in [6.07, 6.45) is 1.92. The molecule has 0 unspecified atom stereocenters. The lowest BCUT2D eigenvalue weighted by molar-refractivity contribution is -0.116. The molecule has 1 aromatic heterocycles. The summed E-state index contributed by atoms with van der Waals surface area (Å²) in [5, 5.41) is 17.8. The molecule has 2 aliphatic rings. The van der Waals surface area contributed by atoms with Crippen molar-refractivity contribution >= 4 is 11.6 Å². The third-order valence-electron chi connectivity index (χ3n) is 6.25. The van der Waals surface area contributed by atoms with Crippen molar-refractivity contribution < 1.29 is 4.79 Å². The standard InChI is InChI=1S/C26H23N5O/c1-16-22(17-9-4-2-5-10-17)26(30-29-16)31-20-13-8-14-21(32)24(20)23(19(15-27)25(31)28)18-11-6-3-7-12-18/h2-7,9-12,23H,8,13-14,28H2,1H3,(H,29,30)/t23-/m0/s1. The minimum absolute atomic E-state index is 0.0684. The van der Waals surface area contributed by atoms with Crippen molar-refractivity contribution in [3.05, 3.63) is 94.6 Å². The fourth-order valence-corrected chi connectivity index (χ4v) is 4.84. The zero-order chi connectivity index (χ0) is 22.2. The van der Waals surface area contributed by atoms with E-state index in [1.54, 1.807) is 0 Å². The quantitative estimate of drug-likeness (QED) is 0.639. The van der Waals surface area contributed by atoms with Gasteiger partial charge in [-0.25, -0.2) is 0 Å². The number of nitriles is 1. The van der Waals surface area contributed by atoms with E-state index in [0.717, 1.165) is 34.5 Å². The molecular weight excluding hydrogens is 398 g/mol. The summed E-state index contributed by atoms with van der Waals surface area (Å²) in [6.45, 7) is 1.96. The fourth-order valence-electron chi connectivity index (χ4n) is 4.84. The number of anilines is 1. The molecule has 0 radical (unpaired) electrons. The van der Waals surface area contributed by atoms with E-state index in [9.17, 15) is 10.1 Å². The van der Waals surface area contributed by atoms with Crippen LogP contribution in [0.4, 0.5) is 5.82 Å². The number of aryl methyl sites for hydroxylation is 1. The van der Waals surface area contributed by atoms with Crippen LogP contribution in [-0.4, -0.2) is 16.0 Å². The SMILES string of the molecule is Cc1[nH]nc(N2C(N)=C(C#N)[C@H](c3ccccc3)C3=C2CCCC3=O)c1-c1ccccc1. The van der Waals surface area contributed by atoms with E-state index < -0.39 is 5.92 Å². The predicted octanol–water partition coefficient (Wildman–Crippen LogP) is 4.69. The van der Waals surface area contributed by atoms with Gasteiger partial charge in [0.1, 0.15) is 5.82 Å². The first-order valence-corrected chi connectivity index (χ1v) is 10.7. The summed E-state index contributed by atoms with van der Waals surface area (Å²) < 4.78 is 0. The van der Waals surface area contributed by atoms with Crippen molar-refractivity contribution in [2.45, 2.75) is 32.1 Å².